The van der Waals surface area contributed by atoms with Gasteiger partial charge in [-0.05, 0) is 36.8 Å². The molecule has 0 saturated heterocycles. The summed E-state index contributed by atoms with van der Waals surface area (Å²) < 4.78 is 16.8. The summed E-state index contributed by atoms with van der Waals surface area (Å²) in [6.07, 6.45) is 0. The van der Waals surface area contributed by atoms with Crippen molar-refractivity contribution < 1.29 is 19.0 Å². The van der Waals surface area contributed by atoms with Crippen molar-refractivity contribution >= 4 is 21.8 Å². The first-order valence-electron chi connectivity index (χ1n) is 7.36. The molecule has 0 heterocycles. The van der Waals surface area contributed by atoms with Crippen molar-refractivity contribution in [2.45, 2.75) is 13.0 Å². The van der Waals surface area contributed by atoms with E-state index in [1.807, 2.05) is 31.2 Å². The highest BCUT2D eigenvalue weighted by Gasteiger charge is 2.18. The summed E-state index contributed by atoms with van der Waals surface area (Å²) in [5, 5.41) is 2.97. The number of ether oxygens (including phenoxy) is 3. The lowest BCUT2D eigenvalue weighted by Gasteiger charge is -2.17. The fourth-order valence-electron chi connectivity index (χ4n) is 2.33. The van der Waals surface area contributed by atoms with Gasteiger partial charge in [0.15, 0.2) is 11.5 Å². The van der Waals surface area contributed by atoms with Gasteiger partial charge in [-0.2, -0.15) is 0 Å². The molecule has 128 valence electrons. The molecular weight excluding hydrogens is 374 g/mol. The smallest absolute Gasteiger partial charge is 0.252 e. The standard InChI is InChI=1S/C18H20BrNO4/c1-11(12-5-7-14(19)8-6-12)20-18(21)13-9-15(22-2)17(24-4)16(10-13)23-3/h5-11H,1-4H3,(H,20,21)/t11-/m1/s1. The highest BCUT2D eigenvalue weighted by atomic mass is 79.9. The number of carbonyl (C=O) groups excluding carboxylic acids is 1. The first-order valence-corrected chi connectivity index (χ1v) is 8.15. The molecule has 0 bridgehead atoms. The predicted octanol–water partition coefficient (Wildman–Crippen LogP) is 3.97. The average Bonchev–Trinajstić information content (AvgIpc) is 2.60. The lowest BCUT2D eigenvalue weighted by molar-refractivity contribution is 0.0939. The lowest BCUT2D eigenvalue weighted by Crippen LogP contribution is -2.26. The molecule has 0 aliphatic rings. The maximum atomic E-state index is 12.6. The summed E-state index contributed by atoms with van der Waals surface area (Å²) in [7, 11) is 4.56. The molecule has 0 spiro atoms. The van der Waals surface area contributed by atoms with E-state index in [1.165, 1.54) is 21.3 Å². The summed E-state index contributed by atoms with van der Waals surface area (Å²) in [5.74, 6) is 1.12. The van der Waals surface area contributed by atoms with E-state index < -0.39 is 0 Å². The average molecular weight is 394 g/mol. The van der Waals surface area contributed by atoms with Gasteiger partial charge in [-0.1, -0.05) is 28.1 Å². The Bertz CT molecular complexity index is 690. The Hall–Kier alpha value is -2.21. The quantitative estimate of drug-likeness (QED) is 0.806. The fraction of sp³-hybridized carbons (Fsp3) is 0.278. The largest absolute Gasteiger partial charge is 0.493 e. The topological polar surface area (TPSA) is 56.8 Å². The number of benzene rings is 2. The van der Waals surface area contributed by atoms with Crippen molar-refractivity contribution in [3.8, 4) is 17.2 Å². The van der Waals surface area contributed by atoms with E-state index in [9.17, 15) is 4.79 Å². The molecule has 1 amide bonds. The fourth-order valence-corrected chi connectivity index (χ4v) is 2.59. The second-order valence-corrected chi connectivity index (χ2v) is 6.08. The van der Waals surface area contributed by atoms with Gasteiger partial charge in [0.05, 0.1) is 27.4 Å². The van der Waals surface area contributed by atoms with Crippen LogP contribution in [0, 0.1) is 0 Å². The summed E-state index contributed by atoms with van der Waals surface area (Å²) in [4.78, 5) is 12.6. The molecule has 2 aromatic rings. The van der Waals surface area contributed by atoms with Crippen molar-refractivity contribution in [2.24, 2.45) is 0 Å². The lowest BCUT2D eigenvalue weighted by atomic mass is 10.1. The van der Waals surface area contributed by atoms with Gasteiger partial charge in [-0.15, -0.1) is 0 Å². The number of rotatable bonds is 6. The van der Waals surface area contributed by atoms with Gasteiger partial charge in [0.25, 0.3) is 5.91 Å². The third kappa shape index (κ3) is 4.00. The summed E-state index contributed by atoms with van der Waals surface area (Å²) >= 11 is 3.40. The zero-order valence-electron chi connectivity index (χ0n) is 14.1. The predicted molar refractivity (Wildman–Crippen MR) is 96.1 cm³/mol. The van der Waals surface area contributed by atoms with Crippen LogP contribution in [0.1, 0.15) is 28.9 Å². The molecule has 6 heteroatoms. The molecule has 5 nitrogen and oxygen atoms in total. The van der Waals surface area contributed by atoms with Gasteiger partial charge in [-0.3, -0.25) is 4.79 Å². The number of nitrogens with one attached hydrogen (secondary N) is 1. The zero-order valence-corrected chi connectivity index (χ0v) is 15.6. The summed E-state index contributed by atoms with van der Waals surface area (Å²) in [5.41, 5.74) is 1.45. The molecule has 2 rings (SSSR count). The van der Waals surface area contributed by atoms with Gasteiger partial charge < -0.3 is 19.5 Å². The Labute approximate surface area is 150 Å². The maximum absolute atomic E-state index is 12.6. The van der Waals surface area contributed by atoms with Gasteiger partial charge in [0.2, 0.25) is 5.75 Å². The molecule has 0 radical (unpaired) electrons. The molecule has 1 N–H and O–H groups in total. The third-order valence-electron chi connectivity index (χ3n) is 3.64. The Kier molecular flexibility index (Phi) is 6.09. The normalized spacial score (nSPS) is 11.5. The van der Waals surface area contributed by atoms with E-state index in [1.54, 1.807) is 12.1 Å². The summed E-state index contributed by atoms with van der Waals surface area (Å²) in [6.45, 7) is 1.93. The van der Waals surface area contributed by atoms with Crippen LogP contribution in [-0.4, -0.2) is 27.2 Å². The van der Waals surface area contributed by atoms with Crippen molar-refractivity contribution in [2.75, 3.05) is 21.3 Å². The maximum Gasteiger partial charge on any atom is 0.252 e. The Morgan fingerprint density at radius 1 is 1.00 bits per heavy atom. The summed E-state index contributed by atoms with van der Waals surface area (Å²) in [6, 6.07) is 10.9. The molecule has 0 fully saturated rings. The second-order valence-electron chi connectivity index (χ2n) is 5.16. The number of hydrogen-bond donors (Lipinski definition) is 1. The van der Waals surface area contributed by atoms with E-state index in [0.29, 0.717) is 22.8 Å². The van der Waals surface area contributed by atoms with Crippen LogP contribution in [0.4, 0.5) is 0 Å². The second kappa shape index (κ2) is 8.06. The van der Waals surface area contributed by atoms with Crippen LogP contribution < -0.4 is 19.5 Å². The number of hydrogen-bond acceptors (Lipinski definition) is 4. The molecule has 0 aliphatic carbocycles. The van der Waals surface area contributed by atoms with E-state index in [0.717, 1.165) is 10.0 Å². The van der Waals surface area contributed by atoms with Gasteiger partial charge in [-0.25, -0.2) is 0 Å². The molecule has 0 unspecified atom stereocenters. The van der Waals surface area contributed by atoms with E-state index in [-0.39, 0.29) is 11.9 Å². The Morgan fingerprint density at radius 3 is 2.00 bits per heavy atom. The minimum atomic E-state index is -0.218. The van der Waals surface area contributed by atoms with Crippen LogP contribution in [0.5, 0.6) is 17.2 Å². The molecule has 2 aromatic carbocycles. The number of halogens is 1. The van der Waals surface area contributed by atoms with Gasteiger partial charge >= 0.3 is 0 Å². The van der Waals surface area contributed by atoms with Crippen molar-refractivity contribution in [1.82, 2.24) is 5.32 Å². The van der Waals surface area contributed by atoms with Crippen molar-refractivity contribution in [3.05, 3.63) is 52.0 Å². The highest BCUT2D eigenvalue weighted by Crippen LogP contribution is 2.38. The molecule has 0 aliphatic heterocycles. The Morgan fingerprint density at radius 2 is 1.54 bits per heavy atom. The zero-order chi connectivity index (χ0) is 17.7. The van der Waals surface area contributed by atoms with Crippen molar-refractivity contribution in [1.29, 1.82) is 0 Å². The van der Waals surface area contributed by atoms with E-state index in [4.69, 9.17) is 14.2 Å². The first-order chi connectivity index (χ1) is 11.5. The van der Waals surface area contributed by atoms with Crippen LogP contribution in [0.2, 0.25) is 0 Å². The van der Waals surface area contributed by atoms with Crippen LogP contribution >= 0.6 is 15.9 Å². The van der Waals surface area contributed by atoms with Crippen LogP contribution in [0.3, 0.4) is 0 Å². The molecule has 0 aromatic heterocycles. The third-order valence-corrected chi connectivity index (χ3v) is 4.17. The molecule has 1 atom stereocenters. The number of amides is 1. The molecule has 0 saturated carbocycles. The number of carbonyl (C=O) groups is 1. The van der Waals surface area contributed by atoms with Gasteiger partial charge in [0, 0.05) is 10.0 Å². The minimum Gasteiger partial charge on any atom is -0.493 e. The first kappa shape index (κ1) is 18.1. The van der Waals surface area contributed by atoms with Crippen LogP contribution in [-0.2, 0) is 0 Å². The monoisotopic (exact) mass is 393 g/mol. The van der Waals surface area contributed by atoms with E-state index >= 15 is 0 Å². The molecular formula is C18H20BrNO4. The SMILES string of the molecule is COc1cc(C(=O)N[C@H](C)c2ccc(Br)cc2)cc(OC)c1OC. The van der Waals surface area contributed by atoms with Gasteiger partial charge in [0.1, 0.15) is 0 Å². The van der Waals surface area contributed by atoms with Crippen LogP contribution in [0.25, 0.3) is 0 Å². The molecule has 24 heavy (non-hydrogen) atoms. The van der Waals surface area contributed by atoms with E-state index in [2.05, 4.69) is 21.2 Å². The minimum absolute atomic E-state index is 0.135. The highest BCUT2D eigenvalue weighted by molar-refractivity contribution is 9.10. The Balaban J connectivity index is 2.24. The number of methoxy groups -OCH3 is 3. The van der Waals surface area contributed by atoms with Crippen LogP contribution in [0.15, 0.2) is 40.9 Å². The van der Waals surface area contributed by atoms with Crippen molar-refractivity contribution in [3.63, 3.8) is 0 Å².